The molecule has 2 heterocycles. The first-order valence-electron chi connectivity index (χ1n) is 5.48. The van der Waals surface area contributed by atoms with E-state index in [1.165, 1.54) is 0 Å². The van der Waals surface area contributed by atoms with Crippen molar-refractivity contribution in [2.75, 3.05) is 7.05 Å². The SMILES string of the molecule is CNC(C)c1csc(C2CCC(C)O2)n1. The van der Waals surface area contributed by atoms with Gasteiger partial charge in [-0.1, -0.05) is 0 Å². The third-order valence-electron chi connectivity index (χ3n) is 2.92. The highest BCUT2D eigenvalue weighted by Gasteiger charge is 2.26. The molecule has 0 amide bonds. The molecule has 3 nitrogen and oxygen atoms in total. The summed E-state index contributed by atoms with van der Waals surface area (Å²) in [6, 6.07) is 0.328. The van der Waals surface area contributed by atoms with Crippen LogP contribution in [0.2, 0.25) is 0 Å². The fourth-order valence-corrected chi connectivity index (χ4v) is 2.76. The predicted octanol–water partition coefficient (Wildman–Crippen LogP) is 2.66. The highest BCUT2D eigenvalue weighted by atomic mass is 32.1. The molecule has 0 saturated carbocycles. The van der Waals surface area contributed by atoms with Gasteiger partial charge in [-0.25, -0.2) is 4.98 Å². The minimum atomic E-state index is 0.239. The summed E-state index contributed by atoms with van der Waals surface area (Å²) in [7, 11) is 1.96. The first-order chi connectivity index (χ1) is 7.20. The third-order valence-corrected chi connectivity index (χ3v) is 3.88. The molecule has 3 unspecified atom stereocenters. The lowest BCUT2D eigenvalue weighted by molar-refractivity contribution is 0.0553. The second-order valence-electron chi connectivity index (χ2n) is 4.13. The van der Waals surface area contributed by atoms with Gasteiger partial charge in [0.2, 0.25) is 0 Å². The molecule has 0 spiro atoms. The molecule has 0 aromatic carbocycles. The molecule has 1 aromatic rings. The number of rotatable bonds is 3. The van der Waals surface area contributed by atoms with Gasteiger partial charge in [0.25, 0.3) is 0 Å². The van der Waals surface area contributed by atoms with Crippen LogP contribution in [0.3, 0.4) is 0 Å². The Morgan fingerprint density at radius 3 is 3.00 bits per heavy atom. The zero-order chi connectivity index (χ0) is 10.8. The number of hydrogen-bond acceptors (Lipinski definition) is 4. The van der Waals surface area contributed by atoms with Crippen LogP contribution in [0.4, 0.5) is 0 Å². The molecule has 4 heteroatoms. The van der Waals surface area contributed by atoms with Crippen LogP contribution in [0.1, 0.15) is 49.5 Å². The maximum atomic E-state index is 5.80. The van der Waals surface area contributed by atoms with Crippen LogP contribution in [-0.4, -0.2) is 18.1 Å². The quantitative estimate of drug-likeness (QED) is 0.860. The average molecular weight is 226 g/mol. The average Bonchev–Trinajstić information content (AvgIpc) is 2.84. The molecule has 1 N–H and O–H groups in total. The number of thiazole rings is 1. The summed E-state index contributed by atoms with van der Waals surface area (Å²) in [4.78, 5) is 4.63. The van der Waals surface area contributed by atoms with Crippen molar-refractivity contribution in [3.63, 3.8) is 0 Å². The van der Waals surface area contributed by atoms with E-state index in [-0.39, 0.29) is 6.10 Å². The fourth-order valence-electron chi connectivity index (χ4n) is 1.78. The van der Waals surface area contributed by atoms with E-state index in [1.807, 2.05) is 7.05 Å². The molecule has 1 aliphatic rings. The van der Waals surface area contributed by atoms with Crippen LogP contribution in [0, 0.1) is 0 Å². The normalized spacial score (nSPS) is 28.2. The third kappa shape index (κ3) is 2.38. The van der Waals surface area contributed by atoms with E-state index >= 15 is 0 Å². The van der Waals surface area contributed by atoms with Gasteiger partial charge < -0.3 is 10.1 Å². The molecular formula is C11H18N2OS. The number of nitrogens with zero attached hydrogens (tertiary/aromatic N) is 1. The largest absolute Gasteiger partial charge is 0.368 e. The molecular weight excluding hydrogens is 208 g/mol. The first kappa shape index (κ1) is 11.0. The lowest BCUT2D eigenvalue weighted by Gasteiger charge is -2.08. The Morgan fingerprint density at radius 2 is 2.40 bits per heavy atom. The van der Waals surface area contributed by atoms with Crippen molar-refractivity contribution in [3.8, 4) is 0 Å². The van der Waals surface area contributed by atoms with Crippen LogP contribution in [0.5, 0.6) is 0 Å². The molecule has 1 saturated heterocycles. The summed E-state index contributed by atoms with van der Waals surface area (Å²) < 4.78 is 5.80. The number of ether oxygens (including phenoxy) is 1. The highest BCUT2D eigenvalue weighted by molar-refractivity contribution is 7.09. The summed E-state index contributed by atoms with van der Waals surface area (Å²) in [6.07, 6.45) is 2.90. The van der Waals surface area contributed by atoms with Crippen molar-refractivity contribution in [1.29, 1.82) is 0 Å². The molecule has 0 radical (unpaired) electrons. The molecule has 3 atom stereocenters. The van der Waals surface area contributed by atoms with Crippen LogP contribution in [-0.2, 0) is 4.74 Å². The van der Waals surface area contributed by atoms with Gasteiger partial charge in [-0.3, -0.25) is 0 Å². The van der Waals surface area contributed by atoms with E-state index < -0.39 is 0 Å². The maximum Gasteiger partial charge on any atom is 0.122 e. The molecule has 1 fully saturated rings. The van der Waals surface area contributed by atoms with Crippen molar-refractivity contribution in [2.45, 2.75) is 44.9 Å². The van der Waals surface area contributed by atoms with E-state index in [9.17, 15) is 0 Å². The van der Waals surface area contributed by atoms with Crippen LogP contribution in [0.15, 0.2) is 5.38 Å². The predicted molar refractivity (Wildman–Crippen MR) is 62.1 cm³/mol. The number of hydrogen-bond donors (Lipinski definition) is 1. The van der Waals surface area contributed by atoms with Crippen molar-refractivity contribution < 1.29 is 4.74 Å². The summed E-state index contributed by atoms with van der Waals surface area (Å²) in [5, 5.41) is 6.46. The molecule has 1 aliphatic heterocycles. The van der Waals surface area contributed by atoms with Gasteiger partial charge in [-0.2, -0.15) is 0 Å². The smallest absolute Gasteiger partial charge is 0.122 e. The number of nitrogens with one attached hydrogen (secondary N) is 1. The Labute approximate surface area is 94.9 Å². The Kier molecular flexibility index (Phi) is 3.38. The second kappa shape index (κ2) is 4.60. The van der Waals surface area contributed by atoms with Crippen molar-refractivity contribution in [1.82, 2.24) is 10.3 Å². The maximum absolute atomic E-state index is 5.80. The van der Waals surface area contributed by atoms with Gasteiger partial charge in [0.15, 0.2) is 0 Å². The summed E-state index contributed by atoms with van der Waals surface area (Å²) >= 11 is 1.72. The van der Waals surface area contributed by atoms with E-state index in [0.29, 0.717) is 12.1 Å². The van der Waals surface area contributed by atoms with Crippen LogP contribution < -0.4 is 5.32 Å². The Balaban J connectivity index is 2.07. The molecule has 0 bridgehead atoms. The van der Waals surface area contributed by atoms with Crippen molar-refractivity contribution in [3.05, 3.63) is 16.1 Å². The Hall–Kier alpha value is -0.450. The molecule has 15 heavy (non-hydrogen) atoms. The summed E-state index contributed by atoms with van der Waals surface area (Å²) in [5.74, 6) is 0. The van der Waals surface area contributed by atoms with Gasteiger partial charge in [0.1, 0.15) is 11.1 Å². The molecule has 2 rings (SSSR count). The van der Waals surface area contributed by atoms with Crippen molar-refractivity contribution >= 4 is 11.3 Å². The standard InChI is InChI=1S/C11H18N2OS/c1-7-4-5-10(14-7)11-13-9(6-15-11)8(2)12-3/h6-8,10,12H,4-5H2,1-3H3. The lowest BCUT2D eigenvalue weighted by Crippen LogP contribution is -2.12. The Morgan fingerprint density at radius 1 is 1.60 bits per heavy atom. The van der Waals surface area contributed by atoms with Gasteiger partial charge in [0.05, 0.1) is 11.8 Å². The highest BCUT2D eigenvalue weighted by Crippen LogP contribution is 2.34. The van der Waals surface area contributed by atoms with Gasteiger partial charge >= 0.3 is 0 Å². The summed E-state index contributed by atoms with van der Waals surface area (Å²) in [5.41, 5.74) is 1.13. The number of aromatic nitrogens is 1. The fraction of sp³-hybridized carbons (Fsp3) is 0.727. The van der Waals surface area contributed by atoms with Crippen LogP contribution in [0.25, 0.3) is 0 Å². The minimum absolute atomic E-state index is 0.239. The zero-order valence-electron chi connectivity index (χ0n) is 9.49. The topological polar surface area (TPSA) is 34.1 Å². The van der Waals surface area contributed by atoms with Gasteiger partial charge in [0, 0.05) is 11.4 Å². The monoisotopic (exact) mass is 226 g/mol. The molecule has 1 aromatic heterocycles. The van der Waals surface area contributed by atoms with Gasteiger partial charge in [-0.15, -0.1) is 11.3 Å². The first-order valence-corrected chi connectivity index (χ1v) is 6.36. The Bertz CT molecular complexity index is 326. The van der Waals surface area contributed by atoms with Crippen LogP contribution >= 0.6 is 11.3 Å². The van der Waals surface area contributed by atoms with E-state index in [2.05, 4.69) is 29.5 Å². The van der Waals surface area contributed by atoms with E-state index in [0.717, 1.165) is 23.5 Å². The zero-order valence-corrected chi connectivity index (χ0v) is 10.3. The lowest BCUT2D eigenvalue weighted by atomic mass is 10.2. The summed E-state index contributed by atoms with van der Waals surface area (Å²) in [6.45, 7) is 4.25. The van der Waals surface area contributed by atoms with E-state index in [1.54, 1.807) is 11.3 Å². The van der Waals surface area contributed by atoms with Crippen molar-refractivity contribution in [2.24, 2.45) is 0 Å². The van der Waals surface area contributed by atoms with Gasteiger partial charge in [-0.05, 0) is 33.7 Å². The molecule has 0 aliphatic carbocycles. The van der Waals surface area contributed by atoms with E-state index in [4.69, 9.17) is 4.74 Å². The molecule has 84 valence electrons. The minimum Gasteiger partial charge on any atom is -0.368 e. The second-order valence-corrected chi connectivity index (χ2v) is 5.02.